The molecule has 0 aliphatic carbocycles. The third-order valence-electron chi connectivity index (χ3n) is 5.42. The number of rotatable bonds is 6. The molecule has 2 aromatic rings. The van der Waals surface area contributed by atoms with Crippen LogP contribution in [0.1, 0.15) is 36.7 Å². The second-order valence-electron chi connectivity index (χ2n) is 9.36. The van der Waals surface area contributed by atoms with E-state index in [0.29, 0.717) is 5.56 Å². The highest BCUT2D eigenvalue weighted by Crippen LogP contribution is 2.34. The summed E-state index contributed by atoms with van der Waals surface area (Å²) in [6.45, 7) is 7.91. The van der Waals surface area contributed by atoms with Crippen molar-refractivity contribution in [2.24, 2.45) is 5.41 Å². The second-order valence-corrected chi connectivity index (χ2v) is 9.36. The number of amides is 3. The quantitative estimate of drug-likeness (QED) is 0.271. The van der Waals surface area contributed by atoms with Gasteiger partial charge in [0, 0.05) is 5.56 Å². The van der Waals surface area contributed by atoms with Crippen LogP contribution in [0.5, 0.6) is 0 Å². The van der Waals surface area contributed by atoms with Gasteiger partial charge in [0.25, 0.3) is 11.8 Å². The van der Waals surface area contributed by atoms with E-state index in [0.717, 1.165) is 4.90 Å². The van der Waals surface area contributed by atoms with Gasteiger partial charge in [-0.3, -0.25) is 24.2 Å². The van der Waals surface area contributed by atoms with Crippen LogP contribution in [-0.4, -0.2) is 59.1 Å². The summed E-state index contributed by atoms with van der Waals surface area (Å²) in [7, 11) is 0. The zero-order valence-corrected chi connectivity index (χ0v) is 20.2. The van der Waals surface area contributed by atoms with E-state index in [9.17, 15) is 19.2 Å². The molecule has 3 rings (SSSR count). The van der Waals surface area contributed by atoms with Crippen LogP contribution in [0, 0.1) is 5.41 Å². The SMILES string of the molecule is C=CCOC(=O)C1(Cc2ccccc2)CN(C(=O)OC(C)(C)C)CN(C(=O)c2ccccc2)C1=O. The molecule has 1 atom stereocenters. The van der Waals surface area contributed by atoms with Gasteiger partial charge in [-0.15, -0.1) is 0 Å². The van der Waals surface area contributed by atoms with Crippen LogP contribution in [0.4, 0.5) is 4.79 Å². The Kier molecular flexibility index (Phi) is 7.74. The summed E-state index contributed by atoms with van der Waals surface area (Å²) in [5, 5.41) is 0. The molecule has 2 aromatic carbocycles. The molecule has 3 amide bonds. The van der Waals surface area contributed by atoms with E-state index >= 15 is 0 Å². The minimum atomic E-state index is -1.86. The van der Waals surface area contributed by atoms with E-state index in [1.54, 1.807) is 75.4 Å². The molecule has 1 aliphatic rings. The molecule has 1 heterocycles. The van der Waals surface area contributed by atoms with Crippen LogP contribution >= 0.6 is 0 Å². The molecule has 0 saturated carbocycles. The third kappa shape index (κ3) is 5.95. The van der Waals surface area contributed by atoms with Crippen molar-refractivity contribution in [2.45, 2.75) is 32.8 Å². The number of carbonyl (C=O) groups is 4. The number of nitrogens with zero attached hydrogens (tertiary/aromatic N) is 2. The van der Waals surface area contributed by atoms with E-state index in [4.69, 9.17) is 9.47 Å². The van der Waals surface area contributed by atoms with Gasteiger partial charge in [-0.1, -0.05) is 61.2 Å². The zero-order valence-electron chi connectivity index (χ0n) is 20.2. The van der Waals surface area contributed by atoms with Crippen LogP contribution < -0.4 is 0 Å². The molecule has 184 valence electrons. The summed E-state index contributed by atoms with van der Waals surface area (Å²) in [5.74, 6) is -2.20. The van der Waals surface area contributed by atoms with E-state index in [1.807, 2.05) is 6.07 Å². The Hall–Kier alpha value is -3.94. The van der Waals surface area contributed by atoms with Gasteiger partial charge in [0.1, 0.15) is 18.9 Å². The predicted octanol–water partition coefficient (Wildman–Crippen LogP) is 3.82. The molecule has 0 N–H and O–H groups in total. The Balaban J connectivity index is 2.10. The lowest BCUT2D eigenvalue weighted by atomic mass is 9.78. The Labute approximate surface area is 205 Å². The normalized spacial score (nSPS) is 18.1. The molecule has 0 bridgehead atoms. The third-order valence-corrected chi connectivity index (χ3v) is 5.42. The van der Waals surface area contributed by atoms with Crippen molar-refractivity contribution in [3.8, 4) is 0 Å². The number of hydrogen-bond donors (Lipinski definition) is 0. The van der Waals surface area contributed by atoms with E-state index in [1.165, 1.54) is 11.0 Å². The Morgan fingerprint density at radius 1 is 1.03 bits per heavy atom. The molecular formula is C27H30N2O6. The summed E-state index contributed by atoms with van der Waals surface area (Å²) in [6.07, 6.45) is 0.574. The molecule has 0 spiro atoms. The van der Waals surface area contributed by atoms with Crippen LogP contribution in [0.15, 0.2) is 73.3 Å². The van der Waals surface area contributed by atoms with Crippen LogP contribution in [0.3, 0.4) is 0 Å². The maximum atomic E-state index is 13.9. The highest BCUT2D eigenvalue weighted by molar-refractivity contribution is 6.13. The summed E-state index contributed by atoms with van der Waals surface area (Å²) < 4.78 is 10.9. The summed E-state index contributed by atoms with van der Waals surface area (Å²) >= 11 is 0. The molecule has 0 aromatic heterocycles. The fourth-order valence-electron chi connectivity index (χ4n) is 3.85. The molecule has 1 fully saturated rings. The monoisotopic (exact) mass is 478 g/mol. The smallest absolute Gasteiger partial charge is 0.411 e. The molecule has 0 radical (unpaired) electrons. The zero-order chi connectivity index (χ0) is 25.6. The van der Waals surface area contributed by atoms with Crippen molar-refractivity contribution in [1.29, 1.82) is 0 Å². The van der Waals surface area contributed by atoms with Crippen molar-refractivity contribution >= 4 is 23.9 Å². The van der Waals surface area contributed by atoms with Crippen molar-refractivity contribution in [2.75, 3.05) is 19.8 Å². The lowest BCUT2D eigenvalue weighted by molar-refractivity contribution is -0.170. The van der Waals surface area contributed by atoms with Crippen LogP contribution in [0.2, 0.25) is 0 Å². The van der Waals surface area contributed by atoms with Crippen molar-refractivity contribution in [1.82, 2.24) is 9.80 Å². The highest BCUT2D eigenvalue weighted by Gasteiger charge is 2.56. The molecular weight excluding hydrogens is 448 g/mol. The summed E-state index contributed by atoms with van der Waals surface area (Å²) in [4.78, 5) is 56.0. The fraction of sp³-hybridized carbons (Fsp3) is 0.333. The van der Waals surface area contributed by atoms with E-state index in [-0.39, 0.29) is 31.8 Å². The van der Waals surface area contributed by atoms with E-state index in [2.05, 4.69) is 6.58 Å². The number of hydrogen-bond acceptors (Lipinski definition) is 6. The van der Waals surface area contributed by atoms with Gasteiger partial charge in [0.15, 0.2) is 5.41 Å². The first-order chi connectivity index (χ1) is 16.6. The number of carbonyl (C=O) groups excluding carboxylic acids is 4. The van der Waals surface area contributed by atoms with Gasteiger partial charge in [0.2, 0.25) is 0 Å². The van der Waals surface area contributed by atoms with Crippen LogP contribution in [0.25, 0.3) is 0 Å². The minimum Gasteiger partial charge on any atom is -0.461 e. The van der Waals surface area contributed by atoms with Gasteiger partial charge >= 0.3 is 12.1 Å². The van der Waals surface area contributed by atoms with Gasteiger partial charge < -0.3 is 9.47 Å². The maximum absolute atomic E-state index is 13.9. The first-order valence-corrected chi connectivity index (χ1v) is 11.3. The molecule has 8 heteroatoms. The predicted molar refractivity (Wildman–Crippen MR) is 129 cm³/mol. The van der Waals surface area contributed by atoms with E-state index < -0.39 is 34.9 Å². The average Bonchev–Trinajstić information content (AvgIpc) is 2.83. The Morgan fingerprint density at radius 3 is 2.20 bits per heavy atom. The van der Waals surface area contributed by atoms with Gasteiger partial charge in [-0.2, -0.15) is 0 Å². The largest absolute Gasteiger partial charge is 0.461 e. The molecule has 8 nitrogen and oxygen atoms in total. The van der Waals surface area contributed by atoms with Gasteiger partial charge in [-0.25, -0.2) is 4.79 Å². The van der Waals surface area contributed by atoms with Crippen molar-refractivity contribution in [3.63, 3.8) is 0 Å². The standard InChI is InChI=1S/C27H30N2O6/c1-5-16-34-24(32)27(17-20-12-8-6-9-13-20)18-28(25(33)35-26(2,3)4)19-29(23(27)31)22(30)21-14-10-7-11-15-21/h5-15H,1,16-19H2,2-4H3. The van der Waals surface area contributed by atoms with Crippen molar-refractivity contribution < 1.29 is 28.7 Å². The average molecular weight is 479 g/mol. The number of benzene rings is 2. The van der Waals surface area contributed by atoms with Gasteiger partial charge in [-0.05, 0) is 44.9 Å². The first-order valence-electron chi connectivity index (χ1n) is 11.3. The summed E-state index contributed by atoms with van der Waals surface area (Å²) in [6, 6.07) is 17.1. The Morgan fingerprint density at radius 2 is 1.63 bits per heavy atom. The lowest BCUT2D eigenvalue weighted by Gasteiger charge is -2.44. The molecule has 1 aliphatic heterocycles. The van der Waals surface area contributed by atoms with Crippen LogP contribution in [-0.2, 0) is 25.5 Å². The number of ether oxygens (including phenoxy) is 2. The minimum absolute atomic E-state index is 0.0689. The number of imide groups is 1. The summed E-state index contributed by atoms with van der Waals surface area (Å²) in [5.41, 5.74) is -1.75. The number of esters is 1. The maximum Gasteiger partial charge on any atom is 0.411 e. The molecule has 1 unspecified atom stereocenters. The first kappa shape index (κ1) is 25.7. The van der Waals surface area contributed by atoms with Gasteiger partial charge in [0.05, 0.1) is 6.54 Å². The topological polar surface area (TPSA) is 93.2 Å². The Bertz CT molecular complexity index is 1090. The fourth-order valence-corrected chi connectivity index (χ4v) is 3.85. The highest BCUT2D eigenvalue weighted by atomic mass is 16.6. The second kappa shape index (κ2) is 10.5. The lowest BCUT2D eigenvalue weighted by Crippen LogP contribution is -2.66. The molecule has 1 saturated heterocycles. The van der Waals surface area contributed by atoms with Crippen molar-refractivity contribution in [3.05, 3.63) is 84.4 Å². The molecule has 35 heavy (non-hydrogen) atoms.